The highest BCUT2D eigenvalue weighted by Gasteiger charge is 2.27. The first-order valence-electron chi connectivity index (χ1n) is 7.37. The average molecular weight is 330 g/mol. The van der Waals surface area contributed by atoms with Crippen molar-refractivity contribution in [3.8, 4) is 5.75 Å². The Morgan fingerprint density at radius 3 is 2.70 bits per heavy atom. The highest BCUT2D eigenvalue weighted by Crippen LogP contribution is 2.28. The minimum atomic E-state index is -0.169. The number of anilines is 1. The highest BCUT2D eigenvalue weighted by atomic mass is 35.5. The Morgan fingerprint density at radius 2 is 1.96 bits per heavy atom. The summed E-state index contributed by atoms with van der Waals surface area (Å²) < 4.78 is 5.51. The molecule has 4 nitrogen and oxygen atoms in total. The number of halogens is 1. The van der Waals surface area contributed by atoms with E-state index in [-0.39, 0.29) is 18.3 Å². The number of hydrogen-bond donors (Lipinski definition) is 0. The molecule has 2 aromatic carbocycles. The van der Waals surface area contributed by atoms with Crippen molar-refractivity contribution in [2.75, 3.05) is 18.1 Å². The zero-order chi connectivity index (χ0) is 16.4. The van der Waals surface area contributed by atoms with Crippen molar-refractivity contribution in [1.82, 2.24) is 0 Å². The number of Topliss-reactive ketones (excluding diaryl/α,β-unsaturated/α-hetero) is 1. The average Bonchev–Trinajstić information content (AvgIpc) is 2.55. The third kappa shape index (κ3) is 3.37. The largest absolute Gasteiger partial charge is 0.484 e. The summed E-state index contributed by atoms with van der Waals surface area (Å²) in [6.07, 6.45) is 0.336. The van der Waals surface area contributed by atoms with Crippen molar-refractivity contribution < 1.29 is 14.3 Å². The lowest BCUT2D eigenvalue weighted by Crippen LogP contribution is -2.40. The van der Waals surface area contributed by atoms with E-state index in [2.05, 4.69) is 0 Å². The van der Waals surface area contributed by atoms with Crippen molar-refractivity contribution in [2.45, 2.75) is 13.3 Å². The molecule has 0 spiro atoms. The van der Waals surface area contributed by atoms with Gasteiger partial charge in [-0.05, 0) is 43.3 Å². The predicted octanol–water partition coefficient (Wildman–Crippen LogP) is 3.65. The van der Waals surface area contributed by atoms with Crippen LogP contribution in [0, 0.1) is 6.92 Å². The monoisotopic (exact) mass is 329 g/mol. The van der Waals surface area contributed by atoms with Crippen LogP contribution in [0.15, 0.2) is 42.5 Å². The molecule has 0 atom stereocenters. The number of ether oxygens (including phenoxy) is 1. The third-order valence-electron chi connectivity index (χ3n) is 3.78. The molecule has 1 heterocycles. The number of benzene rings is 2. The van der Waals surface area contributed by atoms with Crippen LogP contribution in [0.2, 0.25) is 5.02 Å². The van der Waals surface area contributed by atoms with Crippen LogP contribution in [-0.2, 0) is 4.79 Å². The minimum absolute atomic E-state index is 0.0753. The van der Waals surface area contributed by atoms with Gasteiger partial charge >= 0.3 is 0 Å². The first-order valence-corrected chi connectivity index (χ1v) is 7.75. The van der Waals surface area contributed by atoms with E-state index < -0.39 is 0 Å². The highest BCUT2D eigenvalue weighted by molar-refractivity contribution is 6.30. The molecular formula is C18H16ClNO3. The molecule has 0 aliphatic carbocycles. The Labute approximate surface area is 139 Å². The normalized spacial score (nSPS) is 13.7. The van der Waals surface area contributed by atoms with Crippen LogP contribution in [0.5, 0.6) is 5.75 Å². The summed E-state index contributed by atoms with van der Waals surface area (Å²) in [5.41, 5.74) is 2.27. The van der Waals surface area contributed by atoms with Gasteiger partial charge in [-0.2, -0.15) is 0 Å². The Hall–Kier alpha value is -2.33. The molecule has 0 saturated heterocycles. The number of amides is 1. The van der Waals surface area contributed by atoms with Crippen LogP contribution in [0.25, 0.3) is 0 Å². The fourth-order valence-electron chi connectivity index (χ4n) is 2.59. The van der Waals surface area contributed by atoms with Gasteiger partial charge in [0.1, 0.15) is 5.75 Å². The Morgan fingerprint density at radius 1 is 1.22 bits per heavy atom. The van der Waals surface area contributed by atoms with E-state index in [4.69, 9.17) is 16.3 Å². The lowest BCUT2D eigenvalue weighted by molar-refractivity contribution is -0.120. The number of carbonyl (C=O) groups is 2. The zero-order valence-electron chi connectivity index (χ0n) is 12.7. The van der Waals surface area contributed by atoms with Crippen LogP contribution < -0.4 is 9.64 Å². The number of aryl methyl sites for hydroxylation is 1. The molecule has 0 N–H and O–H groups in total. The molecule has 1 aliphatic heterocycles. The molecule has 0 fully saturated rings. The second-order valence-electron chi connectivity index (χ2n) is 5.48. The number of ketones is 1. The summed E-state index contributed by atoms with van der Waals surface area (Å²) in [5, 5.41) is 0.613. The second-order valence-corrected chi connectivity index (χ2v) is 5.92. The lowest BCUT2D eigenvalue weighted by Gasteiger charge is -2.29. The fourth-order valence-corrected chi connectivity index (χ4v) is 2.72. The van der Waals surface area contributed by atoms with Gasteiger partial charge in [0.05, 0.1) is 5.69 Å². The van der Waals surface area contributed by atoms with Gasteiger partial charge in [0.25, 0.3) is 5.91 Å². The van der Waals surface area contributed by atoms with E-state index in [1.807, 2.05) is 25.1 Å². The lowest BCUT2D eigenvalue weighted by atomic mass is 9.98. The summed E-state index contributed by atoms with van der Waals surface area (Å²) in [4.78, 5) is 26.1. The number of fused-ring (bicyclic) bond motifs is 1. The van der Waals surface area contributed by atoms with Crippen molar-refractivity contribution in [3.05, 3.63) is 58.6 Å². The van der Waals surface area contributed by atoms with E-state index >= 15 is 0 Å². The molecule has 1 aliphatic rings. The Bertz CT molecular complexity index is 755. The molecule has 5 heteroatoms. The van der Waals surface area contributed by atoms with Crippen LogP contribution >= 0.6 is 11.6 Å². The van der Waals surface area contributed by atoms with Crippen molar-refractivity contribution in [2.24, 2.45) is 0 Å². The molecule has 0 saturated carbocycles. The molecule has 118 valence electrons. The van der Waals surface area contributed by atoms with Gasteiger partial charge in [-0.15, -0.1) is 0 Å². The number of hydrogen-bond acceptors (Lipinski definition) is 3. The van der Waals surface area contributed by atoms with E-state index in [1.54, 1.807) is 29.2 Å². The number of carbonyl (C=O) groups excluding carboxylic acids is 2. The van der Waals surface area contributed by atoms with E-state index in [0.717, 1.165) is 5.56 Å². The Kier molecular flexibility index (Phi) is 4.35. The summed E-state index contributed by atoms with van der Waals surface area (Å²) in [7, 11) is 0. The maximum Gasteiger partial charge on any atom is 0.264 e. The predicted molar refractivity (Wildman–Crippen MR) is 89.4 cm³/mol. The third-order valence-corrected chi connectivity index (χ3v) is 4.03. The van der Waals surface area contributed by atoms with Gasteiger partial charge in [-0.1, -0.05) is 23.2 Å². The maximum absolute atomic E-state index is 12.5. The molecule has 0 unspecified atom stereocenters. The molecule has 2 aromatic rings. The SMILES string of the molecule is Cc1ccc2c(c1)C(=O)CCN2C(=O)COc1ccc(Cl)cc1. The first kappa shape index (κ1) is 15.6. The molecular weight excluding hydrogens is 314 g/mol. The van der Waals surface area contributed by atoms with Gasteiger partial charge in [-0.25, -0.2) is 0 Å². The summed E-state index contributed by atoms with van der Waals surface area (Å²) in [5.74, 6) is 0.490. The number of rotatable bonds is 3. The summed E-state index contributed by atoms with van der Waals surface area (Å²) in [6, 6.07) is 12.4. The van der Waals surface area contributed by atoms with Crippen LogP contribution in [0.3, 0.4) is 0 Å². The smallest absolute Gasteiger partial charge is 0.264 e. The van der Waals surface area contributed by atoms with E-state index in [0.29, 0.717) is 35.0 Å². The molecule has 3 rings (SSSR count). The summed E-state index contributed by atoms with van der Waals surface area (Å²) in [6.45, 7) is 2.23. The molecule has 0 bridgehead atoms. The van der Waals surface area contributed by atoms with E-state index in [9.17, 15) is 9.59 Å². The minimum Gasteiger partial charge on any atom is -0.484 e. The molecule has 1 amide bonds. The molecule has 23 heavy (non-hydrogen) atoms. The first-order chi connectivity index (χ1) is 11.0. The molecule has 0 aromatic heterocycles. The standard InChI is InChI=1S/C18H16ClNO3/c1-12-2-7-16-15(10-12)17(21)8-9-20(16)18(22)11-23-14-5-3-13(19)4-6-14/h2-7,10H,8-9,11H2,1H3. The number of nitrogens with zero attached hydrogens (tertiary/aromatic N) is 1. The van der Waals surface area contributed by atoms with Crippen molar-refractivity contribution >= 4 is 29.0 Å². The van der Waals surface area contributed by atoms with Crippen LogP contribution in [0.4, 0.5) is 5.69 Å². The van der Waals surface area contributed by atoms with Crippen molar-refractivity contribution in [3.63, 3.8) is 0 Å². The van der Waals surface area contributed by atoms with Gasteiger partial charge < -0.3 is 9.64 Å². The van der Waals surface area contributed by atoms with E-state index in [1.165, 1.54) is 0 Å². The van der Waals surface area contributed by atoms with Crippen LogP contribution in [0.1, 0.15) is 22.3 Å². The fraction of sp³-hybridized carbons (Fsp3) is 0.222. The van der Waals surface area contributed by atoms with Gasteiger partial charge in [-0.3, -0.25) is 9.59 Å². The molecule has 0 radical (unpaired) electrons. The van der Waals surface area contributed by atoms with Crippen LogP contribution in [-0.4, -0.2) is 24.8 Å². The quantitative estimate of drug-likeness (QED) is 0.863. The van der Waals surface area contributed by atoms with Gasteiger partial charge in [0.2, 0.25) is 0 Å². The Balaban J connectivity index is 1.74. The second kappa shape index (κ2) is 6.42. The summed E-state index contributed by atoms with van der Waals surface area (Å²) >= 11 is 5.82. The van der Waals surface area contributed by atoms with Gasteiger partial charge in [0.15, 0.2) is 12.4 Å². The van der Waals surface area contributed by atoms with Crippen molar-refractivity contribution in [1.29, 1.82) is 0 Å². The topological polar surface area (TPSA) is 46.6 Å². The maximum atomic E-state index is 12.5. The van der Waals surface area contributed by atoms with Gasteiger partial charge in [0, 0.05) is 23.6 Å². The zero-order valence-corrected chi connectivity index (χ0v) is 13.5.